The summed E-state index contributed by atoms with van der Waals surface area (Å²) in [5.41, 5.74) is 3.34. The Kier molecular flexibility index (Phi) is 5.66. The molecule has 1 fully saturated rings. The Labute approximate surface area is 144 Å². The van der Waals surface area contributed by atoms with Crippen LogP contribution < -0.4 is 0 Å². The SMILES string of the molecule is COCCN1CCN(Cc2nc(-c3ccc(C)cc3)oc2C)CC1. The highest BCUT2D eigenvalue weighted by molar-refractivity contribution is 5.54. The van der Waals surface area contributed by atoms with Gasteiger partial charge in [0, 0.05) is 51.9 Å². The highest BCUT2D eigenvalue weighted by atomic mass is 16.5. The Balaban J connectivity index is 1.59. The molecule has 2 aromatic rings. The lowest BCUT2D eigenvalue weighted by Gasteiger charge is -2.34. The van der Waals surface area contributed by atoms with Crippen LogP contribution in [0.15, 0.2) is 28.7 Å². The second kappa shape index (κ2) is 7.92. The molecule has 0 atom stereocenters. The first-order chi connectivity index (χ1) is 11.7. The van der Waals surface area contributed by atoms with Crippen molar-refractivity contribution in [2.45, 2.75) is 20.4 Å². The fourth-order valence-corrected chi connectivity index (χ4v) is 3.00. The van der Waals surface area contributed by atoms with Crippen molar-refractivity contribution in [2.24, 2.45) is 0 Å². The van der Waals surface area contributed by atoms with Crippen LogP contribution in [0, 0.1) is 13.8 Å². The van der Waals surface area contributed by atoms with Gasteiger partial charge in [0.1, 0.15) is 5.76 Å². The van der Waals surface area contributed by atoms with E-state index >= 15 is 0 Å². The van der Waals surface area contributed by atoms with E-state index in [2.05, 4.69) is 41.0 Å². The maximum atomic E-state index is 5.89. The number of hydrogen-bond acceptors (Lipinski definition) is 5. The summed E-state index contributed by atoms with van der Waals surface area (Å²) in [4.78, 5) is 9.63. The predicted octanol–water partition coefficient (Wildman–Crippen LogP) is 2.72. The molecular weight excluding hydrogens is 302 g/mol. The van der Waals surface area contributed by atoms with Crippen LogP contribution in [-0.2, 0) is 11.3 Å². The molecule has 1 aliphatic rings. The molecule has 24 heavy (non-hydrogen) atoms. The summed E-state index contributed by atoms with van der Waals surface area (Å²) < 4.78 is 11.0. The third-order valence-corrected chi connectivity index (χ3v) is 4.64. The molecule has 3 rings (SSSR count). The Morgan fingerprint density at radius 2 is 1.71 bits per heavy atom. The molecule has 5 heteroatoms. The Morgan fingerprint density at radius 1 is 1.04 bits per heavy atom. The van der Waals surface area contributed by atoms with Gasteiger partial charge in [-0.3, -0.25) is 9.80 Å². The highest BCUT2D eigenvalue weighted by Gasteiger charge is 2.19. The van der Waals surface area contributed by atoms with Gasteiger partial charge in [-0.25, -0.2) is 4.98 Å². The Morgan fingerprint density at radius 3 is 2.38 bits per heavy atom. The summed E-state index contributed by atoms with van der Waals surface area (Å²) in [5, 5.41) is 0. The summed E-state index contributed by atoms with van der Waals surface area (Å²) in [6.45, 7) is 11.1. The van der Waals surface area contributed by atoms with Gasteiger partial charge < -0.3 is 9.15 Å². The van der Waals surface area contributed by atoms with Crippen molar-refractivity contribution in [1.29, 1.82) is 0 Å². The average Bonchev–Trinajstić information content (AvgIpc) is 2.95. The molecule has 0 aliphatic carbocycles. The lowest BCUT2D eigenvalue weighted by molar-refractivity contribution is 0.0931. The van der Waals surface area contributed by atoms with Crippen LogP contribution in [0.5, 0.6) is 0 Å². The van der Waals surface area contributed by atoms with Gasteiger partial charge in [-0.2, -0.15) is 0 Å². The molecule has 0 unspecified atom stereocenters. The van der Waals surface area contributed by atoms with Gasteiger partial charge in [0.25, 0.3) is 0 Å². The maximum absolute atomic E-state index is 5.89. The van der Waals surface area contributed by atoms with E-state index in [0.29, 0.717) is 0 Å². The molecular formula is C19H27N3O2. The van der Waals surface area contributed by atoms with Crippen molar-refractivity contribution in [2.75, 3.05) is 46.4 Å². The number of rotatable bonds is 6. The van der Waals surface area contributed by atoms with Gasteiger partial charge in [0.2, 0.25) is 5.89 Å². The molecule has 1 saturated heterocycles. The third-order valence-electron chi connectivity index (χ3n) is 4.64. The molecule has 0 spiro atoms. The van der Waals surface area contributed by atoms with Crippen LogP contribution in [-0.4, -0.2) is 61.2 Å². The first-order valence-corrected chi connectivity index (χ1v) is 8.62. The van der Waals surface area contributed by atoms with Gasteiger partial charge in [-0.05, 0) is 26.0 Å². The van der Waals surface area contributed by atoms with Crippen molar-refractivity contribution in [3.63, 3.8) is 0 Å². The molecule has 1 aromatic carbocycles. The number of methoxy groups -OCH3 is 1. The van der Waals surface area contributed by atoms with Crippen LogP contribution in [0.3, 0.4) is 0 Å². The average molecular weight is 329 g/mol. The van der Waals surface area contributed by atoms with Gasteiger partial charge in [-0.15, -0.1) is 0 Å². The number of hydrogen-bond donors (Lipinski definition) is 0. The van der Waals surface area contributed by atoms with Crippen LogP contribution >= 0.6 is 0 Å². The lowest BCUT2D eigenvalue weighted by Crippen LogP contribution is -2.46. The molecule has 0 radical (unpaired) electrons. The van der Waals surface area contributed by atoms with Crippen LogP contribution in [0.1, 0.15) is 17.0 Å². The molecule has 5 nitrogen and oxygen atoms in total. The van der Waals surface area contributed by atoms with Crippen LogP contribution in [0.25, 0.3) is 11.5 Å². The smallest absolute Gasteiger partial charge is 0.226 e. The molecule has 0 N–H and O–H groups in total. The fraction of sp³-hybridized carbons (Fsp3) is 0.526. The third kappa shape index (κ3) is 4.23. The summed E-state index contributed by atoms with van der Waals surface area (Å²) in [7, 11) is 1.76. The van der Waals surface area contributed by atoms with Crippen LogP contribution in [0.4, 0.5) is 0 Å². The Hall–Kier alpha value is -1.69. The molecule has 1 aromatic heterocycles. The second-order valence-corrected chi connectivity index (χ2v) is 6.50. The Bertz CT molecular complexity index is 643. The topological polar surface area (TPSA) is 41.7 Å². The quantitative estimate of drug-likeness (QED) is 0.815. The maximum Gasteiger partial charge on any atom is 0.226 e. The second-order valence-electron chi connectivity index (χ2n) is 6.50. The minimum absolute atomic E-state index is 0.723. The monoisotopic (exact) mass is 329 g/mol. The van der Waals surface area contributed by atoms with E-state index in [9.17, 15) is 0 Å². The summed E-state index contributed by atoms with van der Waals surface area (Å²) in [6.07, 6.45) is 0. The van der Waals surface area contributed by atoms with E-state index in [0.717, 1.165) is 68.8 Å². The fourth-order valence-electron chi connectivity index (χ4n) is 3.00. The van der Waals surface area contributed by atoms with E-state index in [1.54, 1.807) is 7.11 Å². The first-order valence-electron chi connectivity index (χ1n) is 8.62. The van der Waals surface area contributed by atoms with E-state index in [1.165, 1.54) is 5.56 Å². The molecule has 0 amide bonds. The van der Waals surface area contributed by atoms with E-state index in [4.69, 9.17) is 14.1 Å². The van der Waals surface area contributed by atoms with Crippen LogP contribution in [0.2, 0.25) is 0 Å². The van der Waals surface area contributed by atoms with Crippen molar-refractivity contribution >= 4 is 0 Å². The van der Waals surface area contributed by atoms with Crippen molar-refractivity contribution < 1.29 is 9.15 Å². The highest BCUT2D eigenvalue weighted by Crippen LogP contribution is 2.23. The van der Waals surface area contributed by atoms with Crippen molar-refractivity contribution in [3.05, 3.63) is 41.3 Å². The van der Waals surface area contributed by atoms with Crippen molar-refractivity contribution in [3.8, 4) is 11.5 Å². The molecule has 2 heterocycles. The van der Waals surface area contributed by atoms with E-state index in [-0.39, 0.29) is 0 Å². The zero-order valence-corrected chi connectivity index (χ0v) is 14.9. The van der Waals surface area contributed by atoms with Crippen molar-refractivity contribution in [1.82, 2.24) is 14.8 Å². The molecule has 1 aliphatic heterocycles. The summed E-state index contributed by atoms with van der Waals surface area (Å²) >= 11 is 0. The van der Waals surface area contributed by atoms with Gasteiger partial charge in [0.05, 0.1) is 12.3 Å². The minimum Gasteiger partial charge on any atom is -0.441 e. The largest absolute Gasteiger partial charge is 0.441 e. The van der Waals surface area contributed by atoms with E-state index in [1.807, 2.05) is 6.92 Å². The number of ether oxygens (including phenoxy) is 1. The number of benzene rings is 1. The number of aryl methyl sites for hydroxylation is 2. The normalized spacial score (nSPS) is 16.6. The zero-order chi connectivity index (χ0) is 16.9. The number of oxazole rings is 1. The standard InChI is InChI=1S/C19H27N3O2/c1-15-4-6-17(7-5-15)19-20-18(16(2)24-19)14-22-10-8-21(9-11-22)12-13-23-3/h4-7H,8-14H2,1-3H3. The summed E-state index contributed by atoms with van der Waals surface area (Å²) in [5.74, 6) is 1.65. The summed E-state index contributed by atoms with van der Waals surface area (Å²) in [6, 6.07) is 8.32. The van der Waals surface area contributed by atoms with Gasteiger partial charge >= 0.3 is 0 Å². The van der Waals surface area contributed by atoms with Gasteiger partial charge in [-0.1, -0.05) is 17.7 Å². The van der Waals surface area contributed by atoms with Gasteiger partial charge in [0.15, 0.2) is 0 Å². The minimum atomic E-state index is 0.723. The number of aromatic nitrogens is 1. The lowest BCUT2D eigenvalue weighted by atomic mass is 10.1. The van der Waals surface area contributed by atoms with E-state index < -0.39 is 0 Å². The molecule has 0 saturated carbocycles. The number of nitrogens with zero attached hydrogens (tertiary/aromatic N) is 3. The number of piperazine rings is 1. The molecule has 130 valence electrons. The molecule has 0 bridgehead atoms. The predicted molar refractivity (Wildman–Crippen MR) is 95.0 cm³/mol. The zero-order valence-electron chi connectivity index (χ0n) is 14.9. The first kappa shape index (κ1) is 17.1.